The van der Waals surface area contributed by atoms with E-state index < -0.39 is 0 Å². The average molecular weight is 358 g/mol. The number of carbonyl (C=O) groups excluding carboxylic acids is 1. The lowest BCUT2D eigenvalue weighted by molar-refractivity contribution is 0.0289. The average Bonchev–Trinajstić information content (AvgIpc) is 3.33. The number of benzene rings is 1. The van der Waals surface area contributed by atoms with Gasteiger partial charge in [-0.3, -0.25) is 4.79 Å². The van der Waals surface area contributed by atoms with Crippen molar-refractivity contribution < 1.29 is 13.9 Å². The zero-order chi connectivity index (χ0) is 18.1. The van der Waals surface area contributed by atoms with E-state index in [2.05, 4.69) is 10.3 Å². The van der Waals surface area contributed by atoms with Gasteiger partial charge >= 0.3 is 0 Å². The molecule has 2 aliphatic rings. The summed E-state index contributed by atoms with van der Waals surface area (Å²) in [5, 5.41) is 8.08. The highest BCUT2D eigenvalue weighted by atomic mass is 19.1. The molecule has 0 aliphatic carbocycles. The number of carbonyl (C=O) groups is 1. The predicted molar refractivity (Wildman–Crippen MR) is 93.7 cm³/mol. The maximum atomic E-state index is 13.3. The summed E-state index contributed by atoms with van der Waals surface area (Å²) in [6, 6.07) is 4.45. The molecule has 1 amide bonds. The summed E-state index contributed by atoms with van der Waals surface area (Å²) in [7, 11) is 0. The molecule has 2 aromatic rings. The number of likely N-dealkylation sites (tertiary alicyclic amines) is 1. The Bertz CT molecular complexity index is 793. The molecular weight excluding hydrogens is 335 g/mol. The van der Waals surface area contributed by atoms with E-state index >= 15 is 0 Å². The predicted octanol–water partition coefficient (Wildman–Crippen LogP) is 2.75. The van der Waals surface area contributed by atoms with Crippen LogP contribution in [0.3, 0.4) is 0 Å². The lowest BCUT2D eigenvalue weighted by atomic mass is 9.90. The minimum absolute atomic E-state index is 0.0956. The SMILES string of the molecule is Cc1cc(F)ccc1-n1cc(C(=O)N2CCC(C3CCCO3)CC2)nn1. The largest absolute Gasteiger partial charge is 0.378 e. The summed E-state index contributed by atoms with van der Waals surface area (Å²) >= 11 is 0. The van der Waals surface area contributed by atoms with Crippen LogP contribution in [0.25, 0.3) is 5.69 Å². The van der Waals surface area contributed by atoms with E-state index in [1.165, 1.54) is 16.8 Å². The molecule has 0 N–H and O–H groups in total. The molecule has 1 aromatic heterocycles. The topological polar surface area (TPSA) is 60.2 Å². The van der Waals surface area contributed by atoms with Gasteiger partial charge in [-0.25, -0.2) is 9.07 Å². The highest BCUT2D eigenvalue weighted by Crippen LogP contribution is 2.29. The second kappa shape index (κ2) is 7.15. The quantitative estimate of drug-likeness (QED) is 0.846. The van der Waals surface area contributed by atoms with E-state index in [1.54, 1.807) is 19.2 Å². The van der Waals surface area contributed by atoms with Crippen LogP contribution in [-0.2, 0) is 4.74 Å². The van der Waals surface area contributed by atoms with Crippen molar-refractivity contribution in [2.24, 2.45) is 5.92 Å². The number of nitrogens with zero attached hydrogens (tertiary/aromatic N) is 4. The fourth-order valence-electron chi connectivity index (χ4n) is 3.97. The molecule has 1 atom stereocenters. The van der Waals surface area contributed by atoms with Crippen LogP contribution in [0.5, 0.6) is 0 Å². The van der Waals surface area contributed by atoms with E-state index in [4.69, 9.17) is 4.74 Å². The smallest absolute Gasteiger partial charge is 0.276 e. The molecule has 2 saturated heterocycles. The Labute approximate surface area is 151 Å². The third-order valence-electron chi connectivity index (χ3n) is 5.44. The van der Waals surface area contributed by atoms with E-state index in [-0.39, 0.29) is 11.7 Å². The summed E-state index contributed by atoms with van der Waals surface area (Å²) < 4.78 is 20.6. The third-order valence-corrected chi connectivity index (χ3v) is 5.44. The molecule has 4 rings (SSSR count). The second-order valence-corrected chi connectivity index (χ2v) is 7.16. The first-order valence-corrected chi connectivity index (χ1v) is 9.21. The number of aryl methyl sites for hydroxylation is 1. The Morgan fingerprint density at radius 3 is 2.77 bits per heavy atom. The monoisotopic (exact) mass is 358 g/mol. The molecule has 138 valence electrons. The van der Waals surface area contributed by atoms with Crippen molar-refractivity contribution >= 4 is 5.91 Å². The van der Waals surface area contributed by atoms with Gasteiger partial charge in [-0.05, 0) is 62.3 Å². The van der Waals surface area contributed by atoms with Crippen molar-refractivity contribution in [3.05, 3.63) is 41.5 Å². The molecule has 6 nitrogen and oxygen atoms in total. The van der Waals surface area contributed by atoms with Gasteiger partial charge in [0.15, 0.2) is 5.69 Å². The molecule has 3 heterocycles. The van der Waals surface area contributed by atoms with E-state index in [1.807, 2.05) is 4.90 Å². The summed E-state index contributed by atoms with van der Waals surface area (Å²) in [4.78, 5) is 14.6. The molecule has 1 aromatic carbocycles. The van der Waals surface area contributed by atoms with Crippen LogP contribution < -0.4 is 0 Å². The molecule has 26 heavy (non-hydrogen) atoms. The Morgan fingerprint density at radius 1 is 1.27 bits per heavy atom. The number of aromatic nitrogens is 3. The molecule has 0 bridgehead atoms. The van der Waals surface area contributed by atoms with Crippen molar-refractivity contribution in [3.63, 3.8) is 0 Å². The van der Waals surface area contributed by atoms with E-state index in [9.17, 15) is 9.18 Å². The first-order valence-electron chi connectivity index (χ1n) is 9.21. The maximum Gasteiger partial charge on any atom is 0.276 e. The highest BCUT2D eigenvalue weighted by Gasteiger charge is 2.31. The van der Waals surface area contributed by atoms with Gasteiger partial charge in [0, 0.05) is 19.7 Å². The number of halogens is 1. The fraction of sp³-hybridized carbons (Fsp3) is 0.526. The van der Waals surface area contributed by atoms with Gasteiger partial charge in [0.05, 0.1) is 18.0 Å². The van der Waals surface area contributed by atoms with Crippen LogP contribution in [0.15, 0.2) is 24.4 Å². The molecular formula is C19H23FN4O2. The lowest BCUT2D eigenvalue weighted by Crippen LogP contribution is -2.41. The van der Waals surface area contributed by atoms with E-state index in [0.29, 0.717) is 17.7 Å². The van der Waals surface area contributed by atoms with Crippen molar-refractivity contribution in [2.75, 3.05) is 19.7 Å². The number of ether oxygens (including phenoxy) is 1. The Kier molecular flexibility index (Phi) is 4.72. The van der Waals surface area contributed by atoms with Gasteiger partial charge in [-0.1, -0.05) is 5.21 Å². The minimum atomic E-state index is -0.295. The van der Waals surface area contributed by atoms with Gasteiger partial charge in [-0.2, -0.15) is 0 Å². The van der Waals surface area contributed by atoms with Gasteiger partial charge in [0.1, 0.15) is 5.82 Å². The maximum absolute atomic E-state index is 13.3. The van der Waals surface area contributed by atoms with Crippen molar-refractivity contribution in [3.8, 4) is 5.69 Å². The standard InChI is InChI=1S/C19H23FN4O2/c1-13-11-15(20)4-5-17(13)24-12-16(21-22-24)19(25)23-8-6-14(7-9-23)18-3-2-10-26-18/h4-5,11-12,14,18H,2-3,6-10H2,1H3. The van der Waals surface area contributed by atoms with E-state index in [0.717, 1.165) is 56.6 Å². The van der Waals surface area contributed by atoms with Gasteiger partial charge in [0.25, 0.3) is 5.91 Å². The molecule has 0 spiro atoms. The molecule has 2 aliphatic heterocycles. The van der Waals surface area contributed by atoms with Crippen LogP contribution in [0.2, 0.25) is 0 Å². The summed E-state index contributed by atoms with van der Waals surface area (Å²) in [6.07, 6.45) is 6.23. The molecule has 0 radical (unpaired) electrons. The van der Waals surface area contributed by atoms with Crippen LogP contribution >= 0.6 is 0 Å². The normalized spacial score (nSPS) is 21.3. The number of rotatable bonds is 3. The van der Waals surface area contributed by atoms with Crippen molar-refractivity contribution in [2.45, 2.75) is 38.7 Å². The second-order valence-electron chi connectivity index (χ2n) is 7.16. The highest BCUT2D eigenvalue weighted by molar-refractivity contribution is 5.92. The van der Waals surface area contributed by atoms with Gasteiger partial charge in [0.2, 0.25) is 0 Å². The minimum Gasteiger partial charge on any atom is -0.378 e. The van der Waals surface area contributed by atoms with Crippen molar-refractivity contribution in [1.82, 2.24) is 19.9 Å². The first kappa shape index (κ1) is 17.1. The number of hydrogen-bond acceptors (Lipinski definition) is 4. The number of amides is 1. The van der Waals surface area contributed by atoms with Crippen molar-refractivity contribution in [1.29, 1.82) is 0 Å². The van der Waals surface area contributed by atoms with Gasteiger partial charge < -0.3 is 9.64 Å². The number of piperidine rings is 1. The zero-order valence-electron chi connectivity index (χ0n) is 14.9. The first-order chi connectivity index (χ1) is 12.6. The molecule has 1 unspecified atom stereocenters. The Balaban J connectivity index is 1.42. The van der Waals surface area contributed by atoms with Crippen LogP contribution in [-0.4, -0.2) is 51.6 Å². The molecule has 2 fully saturated rings. The summed E-state index contributed by atoms with van der Waals surface area (Å²) in [6.45, 7) is 4.13. The molecule has 7 heteroatoms. The third kappa shape index (κ3) is 3.35. The zero-order valence-corrected chi connectivity index (χ0v) is 14.9. The Hall–Kier alpha value is -2.28. The van der Waals surface area contributed by atoms with Crippen LogP contribution in [0, 0.1) is 18.7 Å². The summed E-state index contributed by atoms with van der Waals surface area (Å²) in [5.41, 5.74) is 1.78. The lowest BCUT2D eigenvalue weighted by Gasteiger charge is -2.34. The van der Waals surface area contributed by atoms with Crippen LogP contribution in [0.1, 0.15) is 41.7 Å². The molecule has 0 saturated carbocycles. The fourth-order valence-corrected chi connectivity index (χ4v) is 3.97. The summed E-state index contributed by atoms with van der Waals surface area (Å²) in [5.74, 6) is 0.165. The van der Waals surface area contributed by atoms with Crippen LogP contribution in [0.4, 0.5) is 4.39 Å². The number of hydrogen-bond donors (Lipinski definition) is 0. The Morgan fingerprint density at radius 2 is 2.08 bits per heavy atom. The van der Waals surface area contributed by atoms with Gasteiger partial charge in [-0.15, -0.1) is 5.10 Å².